The Labute approximate surface area is 140 Å². The third-order valence-corrected chi connectivity index (χ3v) is 4.28. The summed E-state index contributed by atoms with van der Waals surface area (Å²) in [6.07, 6.45) is 1.00. The molecule has 1 aliphatic carbocycles. The minimum Gasteiger partial charge on any atom is -0.489 e. The van der Waals surface area contributed by atoms with Crippen molar-refractivity contribution < 1.29 is 13.9 Å². The van der Waals surface area contributed by atoms with Gasteiger partial charge in [-0.05, 0) is 48.7 Å². The summed E-state index contributed by atoms with van der Waals surface area (Å²) in [5, 5.41) is 3.23. The Kier molecular flexibility index (Phi) is 4.81. The first-order valence-corrected chi connectivity index (χ1v) is 8.05. The molecule has 126 valence electrons. The Morgan fingerprint density at radius 2 is 2.08 bits per heavy atom. The van der Waals surface area contributed by atoms with Gasteiger partial charge >= 0.3 is 0 Å². The number of halogens is 1. The minimum absolute atomic E-state index is 0.260. The molecule has 3 N–H and O–H groups in total. The van der Waals surface area contributed by atoms with Gasteiger partial charge in [0.05, 0.1) is 6.04 Å². The van der Waals surface area contributed by atoms with E-state index < -0.39 is 0 Å². The van der Waals surface area contributed by atoms with Crippen molar-refractivity contribution in [3.63, 3.8) is 0 Å². The van der Waals surface area contributed by atoms with Gasteiger partial charge in [0.15, 0.2) is 0 Å². The van der Waals surface area contributed by atoms with Crippen LogP contribution in [0.3, 0.4) is 0 Å². The third kappa shape index (κ3) is 4.11. The highest BCUT2D eigenvalue weighted by atomic mass is 19.1. The topological polar surface area (TPSA) is 64.3 Å². The Balaban J connectivity index is 1.52. The Morgan fingerprint density at radius 3 is 2.75 bits per heavy atom. The summed E-state index contributed by atoms with van der Waals surface area (Å²) in [6.45, 7) is 2.11. The molecule has 3 atom stereocenters. The molecule has 5 heteroatoms. The van der Waals surface area contributed by atoms with Crippen molar-refractivity contribution in [1.82, 2.24) is 5.32 Å². The lowest BCUT2D eigenvalue weighted by Crippen LogP contribution is -2.40. The van der Waals surface area contributed by atoms with Crippen LogP contribution in [0.15, 0.2) is 48.5 Å². The summed E-state index contributed by atoms with van der Waals surface area (Å²) < 4.78 is 18.8. The van der Waals surface area contributed by atoms with E-state index in [4.69, 9.17) is 10.5 Å². The summed E-state index contributed by atoms with van der Waals surface area (Å²) in [4.78, 5) is 11.1. The lowest BCUT2D eigenvalue weighted by atomic mass is 10.1. The van der Waals surface area contributed by atoms with Crippen LogP contribution in [0, 0.1) is 5.82 Å². The molecule has 24 heavy (non-hydrogen) atoms. The second-order valence-corrected chi connectivity index (χ2v) is 6.23. The fourth-order valence-electron chi connectivity index (χ4n) is 2.76. The molecule has 0 aromatic heterocycles. The van der Waals surface area contributed by atoms with E-state index in [1.807, 2.05) is 30.3 Å². The molecular weight excluding hydrogens is 307 g/mol. The normalized spacial score (nSPS) is 20.4. The molecule has 3 rings (SSSR count). The molecule has 0 aliphatic heterocycles. The summed E-state index contributed by atoms with van der Waals surface area (Å²) >= 11 is 0. The van der Waals surface area contributed by atoms with E-state index in [1.165, 1.54) is 17.7 Å². The number of amides is 1. The molecule has 0 saturated heterocycles. The van der Waals surface area contributed by atoms with Crippen LogP contribution in [0.5, 0.6) is 5.75 Å². The average Bonchev–Trinajstić information content (AvgIpc) is 3.32. The predicted octanol–water partition coefficient (Wildman–Crippen LogP) is 2.72. The van der Waals surface area contributed by atoms with Gasteiger partial charge < -0.3 is 15.8 Å². The van der Waals surface area contributed by atoms with Crippen LogP contribution in [-0.2, 0) is 11.4 Å². The zero-order valence-electron chi connectivity index (χ0n) is 13.5. The standard InChI is InChI=1S/C19H21FN2O2/c1-12(19(21)23)22-18-10-17(18)14-5-7-16(8-6-14)24-11-13-3-2-4-15(20)9-13/h2-9,12,17-18,22H,10-11H2,1H3,(H2,21,23). The maximum absolute atomic E-state index is 13.1. The van der Waals surface area contributed by atoms with Gasteiger partial charge in [-0.1, -0.05) is 24.3 Å². The van der Waals surface area contributed by atoms with Crippen LogP contribution < -0.4 is 15.8 Å². The molecule has 2 aromatic carbocycles. The fraction of sp³-hybridized carbons (Fsp3) is 0.316. The predicted molar refractivity (Wildman–Crippen MR) is 90.1 cm³/mol. The molecular formula is C19H21FN2O2. The van der Waals surface area contributed by atoms with Crippen molar-refractivity contribution in [1.29, 1.82) is 0 Å². The molecule has 1 saturated carbocycles. The number of primary amides is 1. The largest absolute Gasteiger partial charge is 0.489 e. The van der Waals surface area contributed by atoms with E-state index in [0.717, 1.165) is 17.7 Å². The SMILES string of the molecule is CC(NC1CC1c1ccc(OCc2cccc(F)c2)cc1)C(N)=O. The number of nitrogens with two attached hydrogens (primary N) is 1. The number of ether oxygens (including phenoxy) is 1. The van der Waals surface area contributed by atoms with Gasteiger partial charge in [-0.15, -0.1) is 0 Å². The lowest BCUT2D eigenvalue weighted by molar-refractivity contribution is -0.119. The molecule has 0 spiro atoms. The van der Waals surface area contributed by atoms with E-state index in [9.17, 15) is 9.18 Å². The Bertz CT molecular complexity index is 718. The van der Waals surface area contributed by atoms with Gasteiger partial charge in [-0.25, -0.2) is 4.39 Å². The van der Waals surface area contributed by atoms with Crippen molar-refractivity contribution >= 4 is 5.91 Å². The highest BCUT2D eigenvalue weighted by Gasteiger charge is 2.39. The first-order valence-electron chi connectivity index (χ1n) is 8.05. The van der Waals surface area contributed by atoms with Crippen LogP contribution in [-0.4, -0.2) is 18.0 Å². The van der Waals surface area contributed by atoms with E-state index in [-0.39, 0.29) is 17.8 Å². The van der Waals surface area contributed by atoms with Crippen molar-refractivity contribution in [3.05, 3.63) is 65.5 Å². The zero-order valence-corrected chi connectivity index (χ0v) is 13.5. The number of hydrogen-bond donors (Lipinski definition) is 2. The van der Waals surface area contributed by atoms with E-state index in [0.29, 0.717) is 18.6 Å². The first-order chi connectivity index (χ1) is 11.5. The molecule has 1 fully saturated rings. The van der Waals surface area contributed by atoms with Gasteiger partial charge in [0, 0.05) is 12.0 Å². The van der Waals surface area contributed by atoms with Crippen LogP contribution in [0.1, 0.15) is 30.4 Å². The third-order valence-electron chi connectivity index (χ3n) is 4.28. The molecule has 0 bridgehead atoms. The number of carbonyl (C=O) groups excluding carboxylic acids is 1. The van der Waals surface area contributed by atoms with Crippen LogP contribution >= 0.6 is 0 Å². The fourth-order valence-corrected chi connectivity index (χ4v) is 2.76. The number of benzene rings is 2. The lowest BCUT2D eigenvalue weighted by Gasteiger charge is -2.10. The monoisotopic (exact) mass is 328 g/mol. The zero-order chi connectivity index (χ0) is 17.1. The maximum Gasteiger partial charge on any atom is 0.234 e. The van der Waals surface area contributed by atoms with Crippen molar-refractivity contribution in [2.24, 2.45) is 5.73 Å². The molecule has 3 unspecified atom stereocenters. The Morgan fingerprint density at radius 1 is 1.33 bits per heavy atom. The molecule has 0 heterocycles. The molecule has 4 nitrogen and oxygen atoms in total. The Hall–Kier alpha value is -2.40. The number of carbonyl (C=O) groups is 1. The second-order valence-electron chi connectivity index (χ2n) is 6.23. The van der Waals surface area contributed by atoms with E-state index >= 15 is 0 Å². The van der Waals surface area contributed by atoms with Gasteiger partial charge in [0.2, 0.25) is 5.91 Å². The summed E-state index contributed by atoms with van der Waals surface area (Å²) in [5.41, 5.74) is 7.27. The maximum atomic E-state index is 13.1. The van der Waals surface area contributed by atoms with Gasteiger partial charge in [0.1, 0.15) is 18.2 Å². The van der Waals surface area contributed by atoms with E-state index in [1.54, 1.807) is 13.0 Å². The molecule has 0 radical (unpaired) electrons. The minimum atomic E-state index is -0.332. The first kappa shape index (κ1) is 16.5. The summed E-state index contributed by atoms with van der Waals surface area (Å²) in [7, 11) is 0. The second kappa shape index (κ2) is 7.01. The summed E-state index contributed by atoms with van der Waals surface area (Å²) in [6, 6.07) is 14.3. The van der Waals surface area contributed by atoms with Crippen LogP contribution in [0.4, 0.5) is 4.39 Å². The van der Waals surface area contributed by atoms with Crippen molar-refractivity contribution in [2.75, 3.05) is 0 Å². The van der Waals surface area contributed by atoms with Crippen LogP contribution in [0.2, 0.25) is 0 Å². The quantitative estimate of drug-likeness (QED) is 0.821. The highest BCUT2D eigenvalue weighted by Crippen LogP contribution is 2.41. The number of hydrogen-bond acceptors (Lipinski definition) is 3. The number of nitrogens with one attached hydrogen (secondary N) is 1. The summed E-state index contributed by atoms with van der Waals surface area (Å²) in [5.74, 6) is 0.563. The van der Waals surface area contributed by atoms with Gasteiger partial charge in [-0.2, -0.15) is 0 Å². The smallest absolute Gasteiger partial charge is 0.234 e. The van der Waals surface area contributed by atoms with Crippen molar-refractivity contribution in [3.8, 4) is 5.75 Å². The highest BCUT2D eigenvalue weighted by molar-refractivity contribution is 5.79. The molecule has 1 aliphatic rings. The van der Waals surface area contributed by atoms with Gasteiger partial charge in [0.25, 0.3) is 0 Å². The van der Waals surface area contributed by atoms with Crippen molar-refractivity contribution in [2.45, 2.75) is 38.0 Å². The number of rotatable bonds is 7. The average molecular weight is 328 g/mol. The molecule has 2 aromatic rings. The molecule has 1 amide bonds. The van der Waals surface area contributed by atoms with Gasteiger partial charge in [-0.3, -0.25) is 4.79 Å². The van der Waals surface area contributed by atoms with E-state index in [2.05, 4.69) is 5.32 Å². The van der Waals surface area contributed by atoms with Crippen LogP contribution in [0.25, 0.3) is 0 Å².